The molecule has 1 heterocycles. The maximum atomic E-state index is 12.4. The number of nitro groups is 1. The molecule has 3 rings (SSSR count). The van der Waals surface area contributed by atoms with E-state index < -0.39 is 28.6 Å². The molecule has 140 valence electrons. The van der Waals surface area contributed by atoms with E-state index in [1.165, 1.54) is 6.92 Å². The van der Waals surface area contributed by atoms with Gasteiger partial charge < -0.3 is 19.5 Å². The Bertz CT molecular complexity index is 931. The normalized spacial score (nSPS) is 13.0. The molecular weight excluding hydrogens is 380 g/mol. The Morgan fingerprint density at radius 3 is 2.59 bits per heavy atom. The number of carbonyl (C=O) groups excluding carboxylic acids is 2. The number of para-hydroxylation sites is 1. The lowest BCUT2D eigenvalue weighted by Crippen LogP contribution is -2.30. The highest BCUT2D eigenvalue weighted by atomic mass is 35.5. The molecule has 2 aromatic rings. The number of nitro benzene ring substituents is 1. The summed E-state index contributed by atoms with van der Waals surface area (Å²) in [6.45, 7) is 1.23. The molecule has 1 atom stereocenters. The molecule has 2 aromatic carbocycles. The van der Waals surface area contributed by atoms with Crippen molar-refractivity contribution in [1.29, 1.82) is 0 Å². The third-order valence-corrected chi connectivity index (χ3v) is 4.02. The summed E-state index contributed by atoms with van der Waals surface area (Å²) < 4.78 is 15.3. The number of nitrogens with one attached hydrogen (secondary N) is 1. The summed E-state index contributed by atoms with van der Waals surface area (Å²) in [6, 6.07) is 8.77. The van der Waals surface area contributed by atoms with Crippen molar-refractivity contribution in [3.05, 3.63) is 57.1 Å². The summed E-state index contributed by atoms with van der Waals surface area (Å²) in [5.74, 6) is -1.34. The predicted octanol–water partition coefficient (Wildman–Crippen LogP) is 3.16. The lowest BCUT2D eigenvalue weighted by atomic mass is 10.1. The summed E-state index contributed by atoms with van der Waals surface area (Å²) in [4.78, 5) is 35.1. The molecule has 1 amide bonds. The molecule has 0 radical (unpaired) electrons. The van der Waals surface area contributed by atoms with E-state index in [9.17, 15) is 19.7 Å². The molecule has 27 heavy (non-hydrogen) atoms. The zero-order valence-electron chi connectivity index (χ0n) is 13.9. The summed E-state index contributed by atoms with van der Waals surface area (Å²) in [5, 5.41) is 14.1. The lowest BCUT2D eigenvalue weighted by Gasteiger charge is -2.14. The van der Waals surface area contributed by atoms with Crippen LogP contribution in [0.1, 0.15) is 17.3 Å². The second-order valence-corrected chi connectivity index (χ2v) is 5.90. The molecule has 9 nitrogen and oxygen atoms in total. The van der Waals surface area contributed by atoms with Crippen molar-refractivity contribution in [3.63, 3.8) is 0 Å². The first-order valence-electron chi connectivity index (χ1n) is 7.71. The van der Waals surface area contributed by atoms with Gasteiger partial charge >= 0.3 is 5.97 Å². The van der Waals surface area contributed by atoms with E-state index in [0.29, 0.717) is 10.7 Å². The van der Waals surface area contributed by atoms with E-state index in [4.69, 9.17) is 25.8 Å². The first kappa shape index (κ1) is 18.5. The van der Waals surface area contributed by atoms with Crippen LogP contribution < -0.4 is 14.8 Å². The van der Waals surface area contributed by atoms with Gasteiger partial charge in [0.25, 0.3) is 11.6 Å². The number of fused-ring (bicyclic) bond motifs is 1. The lowest BCUT2D eigenvalue weighted by molar-refractivity contribution is -0.385. The number of amides is 1. The first-order chi connectivity index (χ1) is 12.9. The third kappa shape index (κ3) is 3.93. The Hall–Kier alpha value is -3.33. The number of anilines is 1. The minimum atomic E-state index is -1.22. The van der Waals surface area contributed by atoms with Gasteiger partial charge in [0, 0.05) is 6.07 Å². The highest BCUT2D eigenvalue weighted by Gasteiger charge is 2.30. The van der Waals surface area contributed by atoms with E-state index in [-0.39, 0.29) is 23.9 Å². The number of benzene rings is 2. The highest BCUT2D eigenvalue weighted by molar-refractivity contribution is 6.33. The van der Waals surface area contributed by atoms with Gasteiger partial charge in [0.15, 0.2) is 17.6 Å². The van der Waals surface area contributed by atoms with E-state index in [1.54, 1.807) is 24.3 Å². The first-order valence-corrected chi connectivity index (χ1v) is 8.09. The van der Waals surface area contributed by atoms with E-state index >= 15 is 0 Å². The van der Waals surface area contributed by atoms with Gasteiger partial charge in [-0.1, -0.05) is 23.7 Å². The average Bonchev–Trinajstić information content (AvgIpc) is 3.09. The number of carbonyl (C=O) groups is 2. The maximum absolute atomic E-state index is 12.4. The van der Waals surface area contributed by atoms with Crippen LogP contribution in [0, 0.1) is 10.1 Å². The van der Waals surface area contributed by atoms with Gasteiger partial charge in [0.05, 0.1) is 21.7 Å². The molecule has 0 aromatic heterocycles. The van der Waals surface area contributed by atoms with Crippen LogP contribution in [-0.2, 0) is 9.53 Å². The zero-order chi connectivity index (χ0) is 19.6. The highest BCUT2D eigenvalue weighted by Crippen LogP contribution is 2.38. The molecule has 1 aliphatic heterocycles. The molecule has 0 saturated carbocycles. The van der Waals surface area contributed by atoms with Gasteiger partial charge in [-0.05, 0) is 19.1 Å². The van der Waals surface area contributed by atoms with Crippen molar-refractivity contribution < 1.29 is 28.7 Å². The molecule has 0 fully saturated rings. The average molecular weight is 393 g/mol. The number of ether oxygens (including phenoxy) is 3. The smallest absolute Gasteiger partial charge is 0.346 e. The van der Waals surface area contributed by atoms with Gasteiger partial charge in [-0.3, -0.25) is 14.9 Å². The Labute approximate surface area is 157 Å². The molecule has 0 aliphatic carbocycles. The number of hydrogen-bond donors (Lipinski definition) is 1. The fraction of sp³-hybridized carbons (Fsp3) is 0.176. The summed E-state index contributed by atoms with van der Waals surface area (Å²) in [6.07, 6.45) is -1.22. The van der Waals surface area contributed by atoms with Crippen molar-refractivity contribution >= 4 is 34.9 Å². The molecule has 0 spiro atoms. The summed E-state index contributed by atoms with van der Waals surface area (Å²) >= 11 is 5.96. The van der Waals surface area contributed by atoms with E-state index in [2.05, 4.69) is 5.32 Å². The number of nitrogens with zero attached hydrogens (tertiary/aromatic N) is 1. The SMILES string of the molecule is CC(OC(=O)c1cc2c(cc1[N+](=O)[O-])OCO2)C(=O)Nc1ccccc1Cl. The minimum Gasteiger partial charge on any atom is -0.454 e. The predicted molar refractivity (Wildman–Crippen MR) is 94.2 cm³/mol. The number of esters is 1. The fourth-order valence-corrected chi connectivity index (χ4v) is 2.50. The summed E-state index contributed by atoms with van der Waals surface area (Å²) in [5.41, 5.74) is -0.509. The van der Waals surface area contributed by atoms with Crippen LogP contribution in [0.2, 0.25) is 5.02 Å². The van der Waals surface area contributed by atoms with Crippen LogP contribution in [0.5, 0.6) is 11.5 Å². The van der Waals surface area contributed by atoms with Crippen LogP contribution in [0.25, 0.3) is 0 Å². The van der Waals surface area contributed by atoms with Crippen molar-refractivity contribution in [3.8, 4) is 11.5 Å². The number of hydrogen-bond acceptors (Lipinski definition) is 7. The third-order valence-electron chi connectivity index (χ3n) is 3.69. The van der Waals surface area contributed by atoms with Crippen molar-refractivity contribution in [2.75, 3.05) is 12.1 Å². The Kier molecular flexibility index (Phi) is 5.13. The zero-order valence-corrected chi connectivity index (χ0v) is 14.7. The van der Waals surface area contributed by atoms with Crippen molar-refractivity contribution in [2.45, 2.75) is 13.0 Å². The van der Waals surface area contributed by atoms with Crippen LogP contribution in [0.15, 0.2) is 36.4 Å². The van der Waals surface area contributed by atoms with E-state index in [0.717, 1.165) is 12.1 Å². The van der Waals surface area contributed by atoms with Gasteiger partial charge in [-0.15, -0.1) is 0 Å². The largest absolute Gasteiger partial charge is 0.454 e. The second-order valence-electron chi connectivity index (χ2n) is 5.50. The van der Waals surface area contributed by atoms with Gasteiger partial charge in [-0.2, -0.15) is 0 Å². The summed E-state index contributed by atoms with van der Waals surface area (Å²) in [7, 11) is 0. The van der Waals surface area contributed by atoms with Gasteiger partial charge in [0.2, 0.25) is 6.79 Å². The monoisotopic (exact) mass is 392 g/mol. The van der Waals surface area contributed by atoms with E-state index in [1.807, 2.05) is 0 Å². The number of rotatable bonds is 5. The molecule has 1 unspecified atom stereocenters. The Morgan fingerprint density at radius 1 is 1.26 bits per heavy atom. The maximum Gasteiger partial charge on any atom is 0.346 e. The Balaban J connectivity index is 1.76. The van der Waals surface area contributed by atoms with Crippen LogP contribution >= 0.6 is 11.6 Å². The van der Waals surface area contributed by atoms with Crippen LogP contribution in [-0.4, -0.2) is 29.7 Å². The fourth-order valence-electron chi connectivity index (χ4n) is 2.32. The Morgan fingerprint density at radius 2 is 1.93 bits per heavy atom. The van der Waals surface area contributed by atoms with Gasteiger partial charge in [-0.25, -0.2) is 4.79 Å². The topological polar surface area (TPSA) is 117 Å². The molecule has 1 aliphatic rings. The van der Waals surface area contributed by atoms with Gasteiger partial charge in [0.1, 0.15) is 5.56 Å². The molecule has 0 bridgehead atoms. The standard InChI is InChI=1S/C17H13ClN2O7/c1-9(16(21)19-12-5-3-2-4-11(12)18)27-17(22)10-6-14-15(26-8-25-14)7-13(10)20(23)24/h2-7,9H,8H2,1H3,(H,19,21). The minimum absolute atomic E-state index is 0.109. The molecule has 10 heteroatoms. The molecule has 1 N–H and O–H groups in total. The van der Waals surface area contributed by atoms with Crippen LogP contribution in [0.4, 0.5) is 11.4 Å². The quantitative estimate of drug-likeness (QED) is 0.471. The second kappa shape index (κ2) is 7.50. The molecular formula is C17H13ClN2O7. The molecule has 0 saturated heterocycles. The number of halogens is 1. The van der Waals surface area contributed by atoms with Crippen molar-refractivity contribution in [2.24, 2.45) is 0 Å². The van der Waals surface area contributed by atoms with Crippen molar-refractivity contribution in [1.82, 2.24) is 0 Å². The van der Waals surface area contributed by atoms with Crippen LogP contribution in [0.3, 0.4) is 0 Å².